The molecule has 4 N–H and O–H groups in total. The van der Waals surface area contributed by atoms with Crippen molar-refractivity contribution >= 4 is 37.7 Å². The van der Waals surface area contributed by atoms with Gasteiger partial charge in [0.1, 0.15) is 0 Å². The molecule has 8 heteroatoms. The van der Waals surface area contributed by atoms with E-state index in [0.29, 0.717) is 16.7 Å². The average molecular weight is 336 g/mol. The van der Waals surface area contributed by atoms with Gasteiger partial charge in [0.25, 0.3) is 0 Å². The Morgan fingerprint density at radius 1 is 1.44 bits per heavy atom. The van der Waals surface area contributed by atoms with E-state index in [2.05, 4.69) is 26.6 Å². The molecule has 0 unspecified atom stereocenters. The van der Waals surface area contributed by atoms with Gasteiger partial charge in [-0.2, -0.15) is 0 Å². The maximum absolute atomic E-state index is 11.4. The summed E-state index contributed by atoms with van der Waals surface area (Å²) in [5.41, 5.74) is 0.469. The number of sulfonamides is 1. The first-order chi connectivity index (χ1) is 8.34. The summed E-state index contributed by atoms with van der Waals surface area (Å²) >= 11 is 3.17. The minimum Gasteiger partial charge on any atom is -0.338 e. The molecule has 6 nitrogen and oxygen atoms in total. The maximum atomic E-state index is 11.4. The van der Waals surface area contributed by atoms with Crippen molar-refractivity contribution in [3.05, 3.63) is 22.7 Å². The summed E-state index contributed by atoms with van der Waals surface area (Å²) < 4.78 is 22.7. The summed E-state index contributed by atoms with van der Waals surface area (Å²) in [7, 11) is -3.74. The summed E-state index contributed by atoms with van der Waals surface area (Å²) in [4.78, 5) is 11.4. The van der Waals surface area contributed by atoms with Gasteiger partial charge in [-0.05, 0) is 40.5 Å². The summed E-state index contributed by atoms with van der Waals surface area (Å²) in [6.45, 7) is 2.51. The van der Waals surface area contributed by atoms with Crippen molar-refractivity contribution in [3.63, 3.8) is 0 Å². The number of hydrogen-bond acceptors (Lipinski definition) is 3. The van der Waals surface area contributed by atoms with Gasteiger partial charge in [-0.15, -0.1) is 0 Å². The van der Waals surface area contributed by atoms with Crippen LogP contribution in [0.2, 0.25) is 0 Å². The number of rotatable bonds is 4. The van der Waals surface area contributed by atoms with Crippen LogP contribution in [0.3, 0.4) is 0 Å². The first-order valence-corrected chi connectivity index (χ1v) is 7.55. The van der Waals surface area contributed by atoms with Crippen LogP contribution in [0.5, 0.6) is 0 Å². The number of benzene rings is 1. The van der Waals surface area contributed by atoms with Gasteiger partial charge in [0, 0.05) is 11.0 Å². The quantitative estimate of drug-likeness (QED) is 0.779. The van der Waals surface area contributed by atoms with Crippen molar-refractivity contribution in [2.24, 2.45) is 5.14 Å². The number of primary sulfonamides is 1. The Morgan fingerprint density at radius 3 is 2.61 bits per heavy atom. The third-order valence-electron chi connectivity index (χ3n) is 2.05. The molecule has 0 heterocycles. The van der Waals surface area contributed by atoms with Crippen LogP contribution in [0.15, 0.2) is 27.6 Å². The van der Waals surface area contributed by atoms with Gasteiger partial charge in [0.05, 0.1) is 10.6 Å². The zero-order chi connectivity index (χ0) is 13.8. The second kappa shape index (κ2) is 6.17. The lowest BCUT2D eigenvalue weighted by atomic mass is 10.3. The van der Waals surface area contributed by atoms with Gasteiger partial charge in [0.15, 0.2) is 0 Å². The van der Waals surface area contributed by atoms with Gasteiger partial charge < -0.3 is 10.6 Å². The topological polar surface area (TPSA) is 101 Å². The molecule has 0 saturated carbocycles. The molecule has 0 aliphatic rings. The summed E-state index contributed by atoms with van der Waals surface area (Å²) in [5.74, 6) is 0. The normalized spacial score (nSPS) is 11.1. The molecule has 0 radical (unpaired) electrons. The molecule has 2 amide bonds. The lowest BCUT2D eigenvalue weighted by Crippen LogP contribution is -2.29. The number of anilines is 1. The standard InChI is InChI=1S/C10H14BrN3O3S/c1-2-5-13-10(15)14-9-4-3-7(6-8(9)11)18(12,16)17/h3-4,6H,2,5H2,1H3,(H2,12,16,17)(H2,13,14,15). The number of carbonyl (C=O) groups excluding carboxylic acids is 1. The fourth-order valence-electron chi connectivity index (χ4n) is 1.18. The molecule has 1 aromatic rings. The molecule has 0 aliphatic carbocycles. The molecule has 0 spiro atoms. The molecule has 0 aliphatic heterocycles. The molecule has 100 valence electrons. The highest BCUT2D eigenvalue weighted by Gasteiger charge is 2.11. The zero-order valence-corrected chi connectivity index (χ0v) is 12.1. The Morgan fingerprint density at radius 2 is 2.11 bits per heavy atom. The minimum absolute atomic E-state index is 0.0195. The van der Waals surface area contributed by atoms with Gasteiger partial charge in [-0.3, -0.25) is 0 Å². The van der Waals surface area contributed by atoms with Crippen molar-refractivity contribution in [2.45, 2.75) is 18.2 Å². The van der Waals surface area contributed by atoms with E-state index in [1.165, 1.54) is 18.2 Å². The van der Waals surface area contributed by atoms with Crippen LogP contribution in [0.4, 0.5) is 10.5 Å². The van der Waals surface area contributed by atoms with Crippen LogP contribution < -0.4 is 15.8 Å². The monoisotopic (exact) mass is 335 g/mol. The number of amides is 2. The lowest BCUT2D eigenvalue weighted by Gasteiger charge is -2.09. The molecule has 0 saturated heterocycles. The fourth-order valence-corrected chi connectivity index (χ4v) is 2.35. The fraction of sp³-hybridized carbons (Fsp3) is 0.300. The molecule has 18 heavy (non-hydrogen) atoms. The van der Waals surface area contributed by atoms with E-state index in [4.69, 9.17) is 5.14 Å². The Labute approximate surface area is 114 Å². The first-order valence-electron chi connectivity index (χ1n) is 5.21. The number of halogens is 1. The number of urea groups is 1. The number of hydrogen-bond donors (Lipinski definition) is 3. The number of nitrogens with two attached hydrogens (primary N) is 1. The van der Waals surface area contributed by atoms with Gasteiger partial charge in [-0.25, -0.2) is 18.4 Å². The second-order valence-electron chi connectivity index (χ2n) is 3.57. The molecule has 1 aromatic carbocycles. The third-order valence-corrected chi connectivity index (χ3v) is 3.62. The van der Waals surface area contributed by atoms with Crippen LogP contribution >= 0.6 is 15.9 Å². The molecule has 0 bridgehead atoms. The van der Waals surface area contributed by atoms with E-state index in [1.54, 1.807) is 0 Å². The number of nitrogens with one attached hydrogen (secondary N) is 2. The second-order valence-corrected chi connectivity index (χ2v) is 5.98. The lowest BCUT2D eigenvalue weighted by molar-refractivity contribution is 0.252. The Kier molecular flexibility index (Phi) is 5.12. The first kappa shape index (κ1) is 14.9. The third kappa shape index (κ3) is 4.28. The van der Waals surface area contributed by atoms with E-state index < -0.39 is 10.0 Å². The largest absolute Gasteiger partial charge is 0.338 e. The average Bonchev–Trinajstić information content (AvgIpc) is 2.27. The Hall–Kier alpha value is -1.12. The highest BCUT2D eigenvalue weighted by molar-refractivity contribution is 9.10. The zero-order valence-electron chi connectivity index (χ0n) is 9.73. The molecule has 0 fully saturated rings. The Balaban J connectivity index is 2.84. The van der Waals surface area contributed by atoms with Crippen LogP contribution in [0.25, 0.3) is 0 Å². The highest BCUT2D eigenvalue weighted by atomic mass is 79.9. The molecule has 1 rings (SSSR count). The Bertz CT molecular complexity index is 545. The van der Waals surface area contributed by atoms with Gasteiger partial charge in [-0.1, -0.05) is 6.92 Å². The van der Waals surface area contributed by atoms with E-state index >= 15 is 0 Å². The van der Waals surface area contributed by atoms with Crippen LogP contribution in [0, 0.1) is 0 Å². The van der Waals surface area contributed by atoms with Crippen LogP contribution in [-0.2, 0) is 10.0 Å². The highest BCUT2D eigenvalue weighted by Crippen LogP contribution is 2.25. The van der Waals surface area contributed by atoms with E-state index in [-0.39, 0.29) is 10.9 Å². The molecular weight excluding hydrogens is 322 g/mol. The van der Waals surface area contributed by atoms with Gasteiger partial charge >= 0.3 is 6.03 Å². The predicted molar refractivity (Wildman–Crippen MR) is 72.8 cm³/mol. The van der Waals surface area contributed by atoms with E-state index in [9.17, 15) is 13.2 Å². The predicted octanol–water partition coefficient (Wildman–Crippen LogP) is 1.63. The minimum atomic E-state index is -3.74. The van der Waals surface area contributed by atoms with E-state index in [1.807, 2.05) is 6.92 Å². The van der Waals surface area contributed by atoms with Crippen molar-refractivity contribution in [3.8, 4) is 0 Å². The van der Waals surface area contributed by atoms with Gasteiger partial charge in [0.2, 0.25) is 10.0 Å². The smallest absolute Gasteiger partial charge is 0.319 e. The maximum Gasteiger partial charge on any atom is 0.319 e. The molecular formula is C10H14BrN3O3S. The van der Waals surface area contributed by atoms with E-state index in [0.717, 1.165) is 6.42 Å². The van der Waals surface area contributed by atoms with Crippen molar-refractivity contribution in [1.82, 2.24) is 5.32 Å². The SMILES string of the molecule is CCCNC(=O)Nc1ccc(S(N)(=O)=O)cc1Br. The van der Waals surface area contributed by atoms with Crippen molar-refractivity contribution in [2.75, 3.05) is 11.9 Å². The van der Waals surface area contributed by atoms with Crippen molar-refractivity contribution < 1.29 is 13.2 Å². The van der Waals surface area contributed by atoms with Crippen LogP contribution in [-0.4, -0.2) is 21.0 Å². The summed E-state index contributed by atoms with van der Waals surface area (Å²) in [5, 5.41) is 10.2. The summed E-state index contributed by atoms with van der Waals surface area (Å²) in [6.07, 6.45) is 0.832. The van der Waals surface area contributed by atoms with Crippen molar-refractivity contribution in [1.29, 1.82) is 0 Å². The summed E-state index contributed by atoms with van der Waals surface area (Å²) in [6, 6.07) is 3.79. The molecule has 0 aromatic heterocycles. The molecule has 0 atom stereocenters. The number of carbonyl (C=O) groups is 1. The van der Waals surface area contributed by atoms with Crippen LogP contribution in [0.1, 0.15) is 13.3 Å².